The standard InChI is InChI=1S/C10H19NO3S/c1-9(10(12)13)8-15(14)7-6-11-4-2-3-5-11/h9H,2-8H2,1H3,(H,12,13). The average molecular weight is 233 g/mol. The van der Waals surface area contributed by atoms with E-state index in [1.807, 2.05) is 0 Å². The third-order valence-corrected chi connectivity index (χ3v) is 4.20. The summed E-state index contributed by atoms with van der Waals surface area (Å²) in [5.41, 5.74) is 0. The zero-order chi connectivity index (χ0) is 11.3. The van der Waals surface area contributed by atoms with Crippen LogP contribution in [0.25, 0.3) is 0 Å². The highest BCUT2D eigenvalue weighted by atomic mass is 32.2. The van der Waals surface area contributed by atoms with Crippen molar-refractivity contribution in [2.45, 2.75) is 19.8 Å². The van der Waals surface area contributed by atoms with Gasteiger partial charge in [0.2, 0.25) is 0 Å². The lowest BCUT2D eigenvalue weighted by molar-refractivity contribution is -0.140. The molecule has 2 unspecified atom stereocenters. The van der Waals surface area contributed by atoms with Gasteiger partial charge in [-0.3, -0.25) is 9.00 Å². The molecule has 0 spiro atoms. The van der Waals surface area contributed by atoms with Gasteiger partial charge in [0.1, 0.15) is 0 Å². The van der Waals surface area contributed by atoms with Gasteiger partial charge in [-0.15, -0.1) is 0 Å². The Labute approximate surface area is 93.1 Å². The molecule has 4 nitrogen and oxygen atoms in total. The van der Waals surface area contributed by atoms with E-state index in [1.165, 1.54) is 12.8 Å². The summed E-state index contributed by atoms with van der Waals surface area (Å²) in [6.07, 6.45) is 2.47. The first kappa shape index (κ1) is 12.6. The summed E-state index contributed by atoms with van der Waals surface area (Å²) in [6, 6.07) is 0. The molecular weight excluding hydrogens is 214 g/mol. The summed E-state index contributed by atoms with van der Waals surface area (Å²) >= 11 is 0. The molecule has 1 heterocycles. The van der Waals surface area contributed by atoms with E-state index in [9.17, 15) is 9.00 Å². The molecule has 5 heteroatoms. The van der Waals surface area contributed by atoms with E-state index in [2.05, 4.69) is 4.90 Å². The van der Waals surface area contributed by atoms with Gasteiger partial charge >= 0.3 is 5.97 Å². The molecule has 0 radical (unpaired) electrons. The van der Waals surface area contributed by atoms with Crippen LogP contribution in [0.2, 0.25) is 0 Å². The number of hydrogen-bond acceptors (Lipinski definition) is 3. The number of hydrogen-bond donors (Lipinski definition) is 1. The normalized spacial score (nSPS) is 21.4. The number of carboxylic acid groups (broad SMARTS) is 1. The van der Waals surface area contributed by atoms with Crippen molar-refractivity contribution >= 4 is 16.8 Å². The topological polar surface area (TPSA) is 57.6 Å². The second-order valence-electron chi connectivity index (χ2n) is 4.10. The molecule has 15 heavy (non-hydrogen) atoms. The van der Waals surface area contributed by atoms with Gasteiger partial charge in [-0.2, -0.15) is 0 Å². The van der Waals surface area contributed by atoms with E-state index in [0.29, 0.717) is 5.75 Å². The predicted octanol–water partition coefficient (Wildman–Crippen LogP) is 0.552. The van der Waals surface area contributed by atoms with Gasteiger partial charge in [0.05, 0.1) is 5.92 Å². The van der Waals surface area contributed by atoms with Gasteiger partial charge < -0.3 is 10.0 Å². The molecule has 0 aliphatic carbocycles. The van der Waals surface area contributed by atoms with E-state index >= 15 is 0 Å². The molecule has 0 saturated carbocycles. The van der Waals surface area contributed by atoms with Gasteiger partial charge in [-0.05, 0) is 25.9 Å². The van der Waals surface area contributed by atoms with Gasteiger partial charge in [-0.25, -0.2) is 0 Å². The summed E-state index contributed by atoms with van der Waals surface area (Å²) in [6.45, 7) is 4.66. The fourth-order valence-electron chi connectivity index (χ4n) is 1.67. The number of rotatable bonds is 6. The molecule has 1 saturated heterocycles. The first-order valence-electron chi connectivity index (χ1n) is 5.39. The Kier molecular flexibility index (Phi) is 5.25. The van der Waals surface area contributed by atoms with Gasteiger partial charge in [0.25, 0.3) is 0 Å². The molecule has 88 valence electrons. The van der Waals surface area contributed by atoms with Crippen LogP contribution in [0.5, 0.6) is 0 Å². The summed E-state index contributed by atoms with van der Waals surface area (Å²) in [7, 11) is -0.989. The number of likely N-dealkylation sites (tertiary alicyclic amines) is 1. The summed E-state index contributed by atoms with van der Waals surface area (Å²) in [5.74, 6) is -0.463. The van der Waals surface area contributed by atoms with Crippen LogP contribution in [0, 0.1) is 5.92 Å². The lowest BCUT2D eigenvalue weighted by Gasteiger charge is -2.14. The Morgan fingerprint density at radius 1 is 1.47 bits per heavy atom. The van der Waals surface area contributed by atoms with Crippen molar-refractivity contribution in [1.82, 2.24) is 4.90 Å². The maximum absolute atomic E-state index is 11.5. The summed E-state index contributed by atoms with van der Waals surface area (Å²) in [5, 5.41) is 8.67. The van der Waals surface area contributed by atoms with Crippen LogP contribution < -0.4 is 0 Å². The second kappa shape index (κ2) is 6.23. The van der Waals surface area contributed by atoms with Crippen molar-refractivity contribution in [3.8, 4) is 0 Å². The minimum atomic E-state index is -0.989. The largest absolute Gasteiger partial charge is 0.481 e. The van der Waals surface area contributed by atoms with Crippen LogP contribution >= 0.6 is 0 Å². The van der Waals surface area contributed by atoms with Crippen molar-refractivity contribution in [3.05, 3.63) is 0 Å². The number of carbonyl (C=O) groups is 1. The Balaban J connectivity index is 2.15. The molecule has 0 bridgehead atoms. The minimum absolute atomic E-state index is 0.281. The lowest BCUT2D eigenvalue weighted by Crippen LogP contribution is -2.27. The maximum atomic E-state index is 11.5. The molecule has 1 aliphatic heterocycles. The Morgan fingerprint density at radius 2 is 2.07 bits per heavy atom. The van der Waals surface area contributed by atoms with Crippen molar-refractivity contribution in [3.63, 3.8) is 0 Å². The molecule has 1 rings (SSSR count). The van der Waals surface area contributed by atoms with Crippen molar-refractivity contribution < 1.29 is 14.1 Å². The lowest BCUT2D eigenvalue weighted by atomic mass is 10.2. The molecule has 0 aromatic carbocycles. The molecule has 0 aromatic heterocycles. The molecule has 1 fully saturated rings. The van der Waals surface area contributed by atoms with Crippen molar-refractivity contribution in [1.29, 1.82) is 0 Å². The SMILES string of the molecule is CC(CS(=O)CCN1CCCC1)C(=O)O. The molecule has 1 aliphatic rings. The van der Waals surface area contributed by atoms with E-state index in [-0.39, 0.29) is 5.75 Å². The Bertz CT molecular complexity index is 239. The summed E-state index contributed by atoms with van der Waals surface area (Å²) < 4.78 is 11.5. The third kappa shape index (κ3) is 4.75. The van der Waals surface area contributed by atoms with Crippen LogP contribution in [0.1, 0.15) is 19.8 Å². The van der Waals surface area contributed by atoms with Crippen LogP contribution in [0.3, 0.4) is 0 Å². The van der Waals surface area contributed by atoms with E-state index in [1.54, 1.807) is 6.92 Å². The smallest absolute Gasteiger partial charge is 0.307 e. The van der Waals surface area contributed by atoms with E-state index < -0.39 is 22.7 Å². The summed E-state index contributed by atoms with van der Waals surface area (Å²) in [4.78, 5) is 12.8. The first-order chi connectivity index (χ1) is 7.09. The Morgan fingerprint density at radius 3 is 2.60 bits per heavy atom. The van der Waals surface area contributed by atoms with Crippen molar-refractivity contribution in [2.24, 2.45) is 5.92 Å². The second-order valence-corrected chi connectivity index (χ2v) is 5.72. The van der Waals surface area contributed by atoms with Gasteiger partial charge in [-0.1, -0.05) is 6.92 Å². The monoisotopic (exact) mass is 233 g/mol. The Hall–Kier alpha value is -0.420. The van der Waals surface area contributed by atoms with Gasteiger partial charge in [0.15, 0.2) is 0 Å². The van der Waals surface area contributed by atoms with E-state index in [4.69, 9.17) is 5.11 Å². The molecular formula is C10H19NO3S. The minimum Gasteiger partial charge on any atom is -0.481 e. The molecule has 2 atom stereocenters. The van der Waals surface area contributed by atoms with Crippen molar-refractivity contribution in [2.75, 3.05) is 31.1 Å². The quantitative estimate of drug-likeness (QED) is 0.728. The fourth-order valence-corrected chi connectivity index (χ4v) is 3.00. The maximum Gasteiger partial charge on any atom is 0.307 e. The number of aliphatic carboxylic acids is 1. The zero-order valence-corrected chi connectivity index (χ0v) is 9.96. The van der Waals surface area contributed by atoms with Gasteiger partial charge in [0, 0.05) is 28.9 Å². The highest BCUT2D eigenvalue weighted by Gasteiger charge is 2.16. The first-order valence-corrected chi connectivity index (χ1v) is 6.88. The van der Waals surface area contributed by atoms with E-state index in [0.717, 1.165) is 19.6 Å². The highest BCUT2D eigenvalue weighted by Crippen LogP contribution is 2.07. The molecule has 1 N–H and O–H groups in total. The average Bonchev–Trinajstić information content (AvgIpc) is 2.66. The van der Waals surface area contributed by atoms with Crippen LogP contribution in [0.15, 0.2) is 0 Å². The number of carboxylic acids is 1. The molecule has 0 aromatic rings. The zero-order valence-electron chi connectivity index (χ0n) is 9.15. The fraction of sp³-hybridized carbons (Fsp3) is 0.900. The highest BCUT2D eigenvalue weighted by molar-refractivity contribution is 7.85. The van der Waals surface area contributed by atoms with Crippen LogP contribution in [0.4, 0.5) is 0 Å². The number of nitrogens with zero attached hydrogens (tertiary/aromatic N) is 1. The third-order valence-electron chi connectivity index (χ3n) is 2.69. The molecule has 0 amide bonds. The van der Waals surface area contributed by atoms with Crippen LogP contribution in [-0.2, 0) is 15.6 Å². The van der Waals surface area contributed by atoms with Crippen LogP contribution in [-0.4, -0.2) is 51.3 Å². The predicted molar refractivity (Wildman–Crippen MR) is 60.4 cm³/mol.